The first-order chi connectivity index (χ1) is 15.0. The van der Waals surface area contributed by atoms with Crippen molar-refractivity contribution < 1.29 is 23.0 Å². The Hall–Kier alpha value is -1.25. The van der Waals surface area contributed by atoms with E-state index in [1.165, 1.54) is 21.8 Å². The van der Waals surface area contributed by atoms with E-state index in [1.807, 2.05) is 26.8 Å². The third-order valence-electron chi connectivity index (χ3n) is 6.88. The SMILES string of the molecule is C[C@H]1C[C@@]2(CCN1CC1CC(NC(=O)OC(C)(C)C)C1)OCCc1cc(CC(F)F)sc12. The zero-order chi connectivity index (χ0) is 23.1. The summed E-state index contributed by atoms with van der Waals surface area (Å²) in [6, 6.07) is 2.55. The van der Waals surface area contributed by atoms with Crippen LogP contribution in [0.25, 0.3) is 0 Å². The van der Waals surface area contributed by atoms with Crippen LogP contribution in [0.5, 0.6) is 0 Å². The lowest BCUT2D eigenvalue weighted by Gasteiger charge is -2.49. The van der Waals surface area contributed by atoms with Crippen LogP contribution < -0.4 is 5.32 Å². The summed E-state index contributed by atoms with van der Waals surface area (Å²) in [4.78, 5) is 16.4. The van der Waals surface area contributed by atoms with Gasteiger partial charge >= 0.3 is 6.09 Å². The van der Waals surface area contributed by atoms with E-state index in [0.717, 1.165) is 50.1 Å². The highest BCUT2D eigenvalue weighted by molar-refractivity contribution is 7.12. The summed E-state index contributed by atoms with van der Waals surface area (Å²) >= 11 is 1.54. The molecule has 2 atom stereocenters. The van der Waals surface area contributed by atoms with Gasteiger partial charge in [-0.15, -0.1) is 11.3 Å². The molecule has 1 saturated heterocycles. The van der Waals surface area contributed by atoms with Crippen molar-refractivity contribution in [2.45, 2.75) is 95.9 Å². The molecule has 5 nitrogen and oxygen atoms in total. The fourth-order valence-corrected chi connectivity index (χ4v) is 6.80. The molecule has 1 saturated carbocycles. The number of nitrogens with zero attached hydrogens (tertiary/aromatic N) is 1. The number of likely N-dealkylation sites (tertiary alicyclic amines) is 1. The summed E-state index contributed by atoms with van der Waals surface area (Å²) in [5.74, 6) is 0.577. The van der Waals surface area contributed by atoms with Gasteiger partial charge < -0.3 is 19.7 Å². The van der Waals surface area contributed by atoms with E-state index < -0.39 is 12.0 Å². The first kappa shape index (κ1) is 23.9. The van der Waals surface area contributed by atoms with E-state index in [0.29, 0.717) is 18.6 Å². The lowest BCUT2D eigenvalue weighted by Crippen LogP contribution is -2.54. The van der Waals surface area contributed by atoms with Crippen molar-refractivity contribution in [2.75, 3.05) is 19.7 Å². The minimum Gasteiger partial charge on any atom is -0.444 e. The van der Waals surface area contributed by atoms with Gasteiger partial charge in [0.25, 0.3) is 0 Å². The Balaban J connectivity index is 1.29. The van der Waals surface area contributed by atoms with Crippen molar-refractivity contribution in [3.63, 3.8) is 0 Å². The van der Waals surface area contributed by atoms with Crippen molar-refractivity contribution in [3.05, 3.63) is 21.4 Å². The van der Waals surface area contributed by atoms with Gasteiger partial charge in [-0.05, 0) is 77.3 Å². The molecule has 1 aromatic heterocycles. The number of piperidine rings is 1. The molecule has 1 N–H and O–H groups in total. The zero-order valence-electron chi connectivity index (χ0n) is 19.6. The van der Waals surface area contributed by atoms with E-state index in [-0.39, 0.29) is 24.2 Å². The number of alkyl carbamates (subject to hydrolysis) is 1. The third-order valence-corrected chi connectivity index (χ3v) is 8.26. The van der Waals surface area contributed by atoms with E-state index in [1.54, 1.807) is 0 Å². The average molecular weight is 471 g/mol. The number of amides is 1. The quantitative estimate of drug-likeness (QED) is 0.650. The number of nitrogens with one attached hydrogen (secondary N) is 1. The summed E-state index contributed by atoms with van der Waals surface area (Å²) in [5.41, 5.74) is 0.429. The van der Waals surface area contributed by atoms with Crippen LogP contribution in [0.15, 0.2) is 6.07 Å². The van der Waals surface area contributed by atoms with Gasteiger partial charge in [0, 0.05) is 41.3 Å². The van der Waals surface area contributed by atoms with Crippen LogP contribution >= 0.6 is 11.3 Å². The predicted molar refractivity (Wildman–Crippen MR) is 122 cm³/mol. The fraction of sp³-hybridized carbons (Fsp3) is 0.792. The molecule has 0 unspecified atom stereocenters. The second-order valence-corrected chi connectivity index (χ2v) is 11.9. The normalized spacial score (nSPS) is 30.8. The molecule has 1 spiro atoms. The Morgan fingerprint density at radius 3 is 2.81 bits per heavy atom. The van der Waals surface area contributed by atoms with Gasteiger partial charge in [0.05, 0.1) is 6.61 Å². The van der Waals surface area contributed by atoms with E-state index in [9.17, 15) is 13.6 Å². The molecule has 3 aliphatic rings. The number of hydrogen-bond acceptors (Lipinski definition) is 5. The lowest BCUT2D eigenvalue weighted by atomic mass is 9.77. The summed E-state index contributed by atoms with van der Waals surface area (Å²) in [7, 11) is 0. The van der Waals surface area contributed by atoms with Crippen LogP contribution in [-0.2, 0) is 27.9 Å². The van der Waals surface area contributed by atoms with Gasteiger partial charge in [0.2, 0.25) is 6.43 Å². The molecule has 0 bridgehead atoms. The maximum atomic E-state index is 12.9. The van der Waals surface area contributed by atoms with Crippen LogP contribution in [0.2, 0.25) is 0 Å². The lowest BCUT2D eigenvalue weighted by molar-refractivity contribution is -0.112. The van der Waals surface area contributed by atoms with Gasteiger partial charge in [0.15, 0.2) is 0 Å². The predicted octanol–water partition coefficient (Wildman–Crippen LogP) is 5.11. The Morgan fingerprint density at radius 1 is 1.41 bits per heavy atom. The van der Waals surface area contributed by atoms with Crippen molar-refractivity contribution in [3.8, 4) is 0 Å². The summed E-state index contributed by atoms with van der Waals surface area (Å²) < 4.78 is 37.5. The molecular weight excluding hydrogens is 434 g/mol. The highest BCUT2D eigenvalue weighted by atomic mass is 32.1. The summed E-state index contributed by atoms with van der Waals surface area (Å²) in [6.45, 7) is 10.5. The van der Waals surface area contributed by atoms with Crippen molar-refractivity contribution in [1.82, 2.24) is 10.2 Å². The van der Waals surface area contributed by atoms with Crippen LogP contribution in [0, 0.1) is 5.92 Å². The van der Waals surface area contributed by atoms with Crippen molar-refractivity contribution in [1.29, 1.82) is 0 Å². The number of alkyl halides is 2. The monoisotopic (exact) mass is 470 g/mol. The van der Waals surface area contributed by atoms with Gasteiger partial charge in [0.1, 0.15) is 11.2 Å². The molecule has 1 amide bonds. The van der Waals surface area contributed by atoms with E-state index in [2.05, 4.69) is 17.1 Å². The van der Waals surface area contributed by atoms with Crippen LogP contribution in [-0.4, -0.2) is 54.8 Å². The first-order valence-electron chi connectivity index (χ1n) is 11.8. The number of ether oxygens (including phenoxy) is 2. The standard InChI is InChI=1S/C24H36F2N2O3S/c1-15-13-24(21-17(5-8-30-24)11-19(32-21)12-20(25)26)6-7-28(15)14-16-9-18(10-16)27-22(29)31-23(2,3)4/h11,15-16,18,20H,5-10,12-14H2,1-4H3,(H,27,29)/t15-,16?,18?,24+/m0/s1. The molecule has 180 valence electrons. The Kier molecular flexibility index (Phi) is 6.86. The molecule has 2 fully saturated rings. The zero-order valence-corrected chi connectivity index (χ0v) is 20.4. The minimum atomic E-state index is -2.30. The van der Waals surface area contributed by atoms with Crippen molar-refractivity contribution in [2.24, 2.45) is 5.92 Å². The van der Waals surface area contributed by atoms with Gasteiger partial charge in [-0.3, -0.25) is 0 Å². The van der Waals surface area contributed by atoms with Crippen LogP contribution in [0.4, 0.5) is 13.6 Å². The number of carbonyl (C=O) groups excluding carboxylic acids is 1. The van der Waals surface area contributed by atoms with Gasteiger partial charge in [-0.2, -0.15) is 0 Å². The minimum absolute atomic E-state index is 0.157. The molecule has 1 aliphatic carbocycles. The number of halogens is 2. The number of hydrogen-bond donors (Lipinski definition) is 1. The molecule has 2 aliphatic heterocycles. The van der Waals surface area contributed by atoms with E-state index >= 15 is 0 Å². The molecule has 4 rings (SSSR count). The van der Waals surface area contributed by atoms with Gasteiger partial charge in [-0.25, -0.2) is 13.6 Å². The molecule has 8 heteroatoms. The fourth-order valence-electron chi connectivity index (χ4n) is 5.40. The number of carbonyl (C=O) groups is 1. The molecule has 3 heterocycles. The molecule has 0 aromatic carbocycles. The second kappa shape index (κ2) is 9.18. The Morgan fingerprint density at radius 2 is 2.16 bits per heavy atom. The van der Waals surface area contributed by atoms with Crippen LogP contribution in [0.1, 0.15) is 68.7 Å². The van der Waals surface area contributed by atoms with Crippen molar-refractivity contribution >= 4 is 17.4 Å². The highest BCUT2D eigenvalue weighted by Crippen LogP contribution is 2.47. The molecular formula is C24H36F2N2O3S. The third kappa shape index (κ3) is 5.45. The maximum Gasteiger partial charge on any atom is 0.407 e. The Labute approximate surface area is 193 Å². The highest BCUT2D eigenvalue weighted by Gasteiger charge is 2.45. The molecule has 32 heavy (non-hydrogen) atoms. The topological polar surface area (TPSA) is 50.8 Å². The summed E-state index contributed by atoms with van der Waals surface area (Å²) in [5, 5.41) is 2.97. The largest absolute Gasteiger partial charge is 0.444 e. The number of thiophene rings is 1. The Bertz CT molecular complexity index is 819. The van der Waals surface area contributed by atoms with Gasteiger partial charge in [-0.1, -0.05) is 0 Å². The second-order valence-electron chi connectivity index (χ2n) is 10.7. The molecule has 0 radical (unpaired) electrons. The first-order valence-corrected chi connectivity index (χ1v) is 12.6. The summed E-state index contributed by atoms with van der Waals surface area (Å²) in [6.07, 6.45) is 1.81. The molecule has 1 aromatic rings. The van der Waals surface area contributed by atoms with Crippen LogP contribution in [0.3, 0.4) is 0 Å². The number of fused-ring (bicyclic) bond motifs is 2. The smallest absolute Gasteiger partial charge is 0.407 e. The van der Waals surface area contributed by atoms with E-state index in [4.69, 9.17) is 9.47 Å². The maximum absolute atomic E-state index is 12.9. The number of rotatable bonds is 5. The average Bonchev–Trinajstić information content (AvgIpc) is 3.03.